The molecular formula is C13H22N2O3. The lowest BCUT2D eigenvalue weighted by molar-refractivity contribution is -0.139. The summed E-state index contributed by atoms with van der Waals surface area (Å²) < 4.78 is 0. The highest BCUT2D eigenvalue weighted by Gasteiger charge is 2.36. The molecular weight excluding hydrogens is 232 g/mol. The maximum Gasteiger partial charge on any atom is 0.305 e. The lowest BCUT2D eigenvalue weighted by Gasteiger charge is -2.37. The van der Waals surface area contributed by atoms with Gasteiger partial charge in [-0.05, 0) is 19.3 Å². The third kappa shape index (κ3) is 4.14. The topological polar surface area (TPSA) is 92.4 Å². The van der Waals surface area contributed by atoms with Crippen LogP contribution in [0, 0.1) is 0 Å². The number of rotatable bonds is 6. The number of hydrogen-bond acceptors (Lipinski definition) is 3. The smallest absolute Gasteiger partial charge is 0.305 e. The molecule has 0 aromatic rings. The molecule has 0 bridgehead atoms. The molecule has 1 saturated carbocycles. The van der Waals surface area contributed by atoms with Gasteiger partial charge in [0.05, 0.1) is 18.0 Å². The van der Waals surface area contributed by atoms with Gasteiger partial charge in [0.15, 0.2) is 0 Å². The molecule has 4 N–H and O–H groups in total. The molecule has 0 aromatic carbocycles. The van der Waals surface area contributed by atoms with Crippen molar-refractivity contribution in [3.05, 3.63) is 12.7 Å². The van der Waals surface area contributed by atoms with Gasteiger partial charge in [0.1, 0.15) is 0 Å². The van der Waals surface area contributed by atoms with Crippen LogP contribution in [0.5, 0.6) is 0 Å². The molecule has 1 aliphatic rings. The molecule has 5 nitrogen and oxygen atoms in total. The minimum atomic E-state index is -0.880. The number of carbonyl (C=O) groups is 2. The van der Waals surface area contributed by atoms with Gasteiger partial charge in [-0.2, -0.15) is 0 Å². The van der Waals surface area contributed by atoms with E-state index in [1.165, 1.54) is 0 Å². The molecule has 0 saturated heterocycles. The first-order valence-electron chi connectivity index (χ1n) is 6.39. The average Bonchev–Trinajstić information content (AvgIpc) is 2.29. The largest absolute Gasteiger partial charge is 0.481 e. The molecule has 0 heterocycles. The molecule has 0 aromatic heterocycles. The van der Waals surface area contributed by atoms with Crippen LogP contribution >= 0.6 is 0 Å². The van der Waals surface area contributed by atoms with Crippen molar-refractivity contribution in [1.82, 2.24) is 5.32 Å². The summed E-state index contributed by atoms with van der Waals surface area (Å²) in [4.78, 5) is 22.9. The summed E-state index contributed by atoms with van der Waals surface area (Å²) in [5.74, 6) is -1.16. The SMILES string of the molecule is C=CCC(N)C(=O)NC1(CC(=O)O)CCCCC1. The maximum atomic E-state index is 11.9. The van der Waals surface area contributed by atoms with E-state index in [-0.39, 0.29) is 12.3 Å². The van der Waals surface area contributed by atoms with Gasteiger partial charge in [-0.15, -0.1) is 6.58 Å². The number of carboxylic acids is 1. The predicted octanol–water partition coefficient (Wildman–Crippen LogP) is 1.18. The first-order chi connectivity index (χ1) is 8.49. The summed E-state index contributed by atoms with van der Waals surface area (Å²) in [5, 5.41) is 11.8. The molecule has 1 rings (SSSR count). The van der Waals surface area contributed by atoms with Crippen molar-refractivity contribution in [2.24, 2.45) is 5.73 Å². The first-order valence-corrected chi connectivity index (χ1v) is 6.39. The highest BCUT2D eigenvalue weighted by molar-refractivity contribution is 5.83. The van der Waals surface area contributed by atoms with Gasteiger partial charge in [0.25, 0.3) is 0 Å². The Hall–Kier alpha value is -1.36. The summed E-state index contributed by atoms with van der Waals surface area (Å²) in [6.07, 6.45) is 6.38. The number of aliphatic carboxylic acids is 1. The Kier molecular flexibility index (Phi) is 5.34. The van der Waals surface area contributed by atoms with Crippen LogP contribution in [0.4, 0.5) is 0 Å². The van der Waals surface area contributed by atoms with E-state index in [2.05, 4.69) is 11.9 Å². The van der Waals surface area contributed by atoms with Crippen LogP contribution in [0.1, 0.15) is 44.9 Å². The zero-order chi connectivity index (χ0) is 13.6. The molecule has 1 aliphatic carbocycles. The second kappa shape index (κ2) is 6.54. The number of amides is 1. The highest BCUT2D eigenvalue weighted by atomic mass is 16.4. The van der Waals surface area contributed by atoms with Crippen molar-refractivity contribution in [2.75, 3.05) is 0 Å². The minimum absolute atomic E-state index is 0.0282. The van der Waals surface area contributed by atoms with Gasteiger partial charge in [0.2, 0.25) is 5.91 Å². The minimum Gasteiger partial charge on any atom is -0.481 e. The van der Waals surface area contributed by atoms with Crippen LogP contribution in [-0.2, 0) is 9.59 Å². The molecule has 0 aliphatic heterocycles. The monoisotopic (exact) mass is 254 g/mol. The average molecular weight is 254 g/mol. The Morgan fingerprint density at radius 3 is 2.50 bits per heavy atom. The van der Waals surface area contributed by atoms with E-state index in [4.69, 9.17) is 10.8 Å². The number of nitrogens with one attached hydrogen (secondary N) is 1. The standard InChI is InChI=1S/C13H22N2O3/c1-2-6-10(14)12(18)15-13(9-11(16)17)7-4-3-5-8-13/h2,10H,1,3-9,14H2,(H,15,18)(H,16,17). The first kappa shape index (κ1) is 14.7. The lowest BCUT2D eigenvalue weighted by atomic mass is 9.79. The molecule has 0 spiro atoms. The van der Waals surface area contributed by atoms with E-state index in [9.17, 15) is 9.59 Å². The normalized spacial score (nSPS) is 19.8. The van der Waals surface area contributed by atoms with Crippen molar-refractivity contribution in [2.45, 2.75) is 56.5 Å². The Morgan fingerprint density at radius 1 is 1.39 bits per heavy atom. The Morgan fingerprint density at radius 2 is 2.00 bits per heavy atom. The van der Waals surface area contributed by atoms with Crippen molar-refractivity contribution < 1.29 is 14.7 Å². The van der Waals surface area contributed by atoms with E-state index in [0.717, 1.165) is 19.3 Å². The zero-order valence-electron chi connectivity index (χ0n) is 10.7. The van der Waals surface area contributed by atoms with Gasteiger partial charge in [-0.25, -0.2) is 0 Å². The third-order valence-electron chi connectivity index (χ3n) is 3.45. The Bertz CT molecular complexity index is 322. The van der Waals surface area contributed by atoms with Gasteiger partial charge in [-0.3, -0.25) is 9.59 Å². The van der Waals surface area contributed by atoms with E-state index in [0.29, 0.717) is 19.3 Å². The van der Waals surface area contributed by atoms with Crippen molar-refractivity contribution in [3.63, 3.8) is 0 Å². The number of carbonyl (C=O) groups excluding carboxylic acids is 1. The van der Waals surface area contributed by atoms with Crippen LogP contribution in [-0.4, -0.2) is 28.6 Å². The van der Waals surface area contributed by atoms with Crippen LogP contribution in [0.25, 0.3) is 0 Å². The predicted molar refractivity (Wildman–Crippen MR) is 69.0 cm³/mol. The molecule has 1 atom stereocenters. The zero-order valence-corrected chi connectivity index (χ0v) is 10.7. The summed E-state index contributed by atoms with van der Waals surface area (Å²) in [7, 11) is 0. The van der Waals surface area contributed by atoms with Gasteiger partial charge in [-0.1, -0.05) is 25.3 Å². The fraction of sp³-hybridized carbons (Fsp3) is 0.692. The third-order valence-corrected chi connectivity index (χ3v) is 3.45. The van der Waals surface area contributed by atoms with E-state index < -0.39 is 17.6 Å². The maximum absolute atomic E-state index is 11.9. The summed E-state index contributed by atoms with van der Waals surface area (Å²) in [6.45, 7) is 3.54. The van der Waals surface area contributed by atoms with Crippen molar-refractivity contribution in [3.8, 4) is 0 Å². The molecule has 18 heavy (non-hydrogen) atoms. The second-order valence-electron chi connectivity index (χ2n) is 5.03. The summed E-state index contributed by atoms with van der Waals surface area (Å²) >= 11 is 0. The summed E-state index contributed by atoms with van der Waals surface area (Å²) in [5.41, 5.74) is 5.09. The number of carboxylic acid groups (broad SMARTS) is 1. The van der Waals surface area contributed by atoms with Gasteiger partial charge >= 0.3 is 5.97 Å². The van der Waals surface area contributed by atoms with Crippen molar-refractivity contribution in [1.29, 1.82) is 0 Å². The number of hydrogen-bond donors (Lipinski definition) is 3. The van der Waals surface area contributed by atoms with Gasteiger partial charge in [0, 0.05) is 0 Å². The molecule has 0 radical (unpaired) electrons. The molecule has 1 amide bonds. The number of nitrogens with two attached hydrogens (primary N) is 1. The van der Waals surface area contributed by atoms with Crippen molar-refractivity contribution >= 4 is 11.9 Å². The highest BCUT2D eigenvalue weighted by Crippen LogP contribution is 2.31. The Balaban J connectivity index is 2.68. The van der Waals surface area contributed by atoms with Crippen LogP contribution in [0.15, 0.2) is 12.7 Å². The second-order valence-corrected chi connectivity index (χ2v) is 5.03. The molecule has 102 valence electrons. The van der Waals surface area contributed by atoms with Crippen LogP contribution in [0.2, 0.25) is 0 Å². The molecule has 5 heteroatoms. The molecule has 1 fully saturated rings. The van der Waals surface area contributed by atoms with E-state index in [1.807, 2.05) is 0 Å². The van der Waals surface area contributed by atoms with Gasteiger partial charge < -0.3 is 16.2 Å². The lowest BCUT2D eigenvalue weighted by Crippen LogP contribution is -2.55. The van der Waals surface area contributed by atoms with Crippen LogP contribution in [0.3, 0.4) is 0 Å². The van der Waals surface area contributed by atoms with Crippen LogP contribution < -0.4 is 11.1 Å². The summed E-state index contributed by atoms with van der Waals surface area (Å²) in [6, 6.07) is -0.643. The quantitative estimate of drug-likeness (QED) is 0.621. The fourth-order valence-corrected chi connectivity index (χ4v) is 2.50. The Labute approximate surface area is 107 Å². The molecule has 1 unspecified atom stereocenters. The van der Waals surface area contributed by atoms with E-state index >= 15 is 0 Å². The fourth-order valence-electron chi connectivity index (χ4n) is 2.50. The van der Waals surface area contributed by atoms with E-state index in [1.54, 1.807) is 6.08 Å².